The first-order valence-electron chi connectivity index (χ1n) is 10.3. The number of guanidine groups is 1. The lowest BCUT2D eigenvalue weighted by molar-refractivity contribution is 0.173. The Labute approximate surface area is 175 Å². The average Bonchev–Trinajstić information content (AvgIpc) is 3.16. The van der Waals surface area contributed by atoms with Crippen molar-refractivity contribution in [1.82, 2.24) is 24.6 Å². The minimum atomic E-state index is -3.39. The minimum Gasteiger partial charge on any atom is -0.364 e. The van der Waals surface area contributed by atoms with Crippen molar-refractivity contribution in [1.29, 1.82) is 0 Å². The molecule has 0 amide bonds. The van der Waals surface area contributed by atoms with Crippen LogP contribution < -0.4 is 5.32 Å². The fourth-order valence-corrected chi connectivity index (χ4v) is 5.10. The number of piperazine rings is 1. The molecule has 166 valence electrons. The summed E-state index contributed by atoms with van der Waals surface area (Å²) in [6.07, 6.45) is 2.42. The number of aromatic nitrogens is 1. The van der Waals surface area contributed by atoms with Crippen LogP contribution in [0.2, 0.25) is 0 Å². The number of nitrogens with one attached hydrogen (secondary N) is 1. The first-order valence-corrected chi connectivity index (χ1v) is 11.9. The van der Waals surface area contributed by atoms with Gasteiger partial charge < -0.3 is 14.7 Å². The van der Waals surface area contributed by atoms with Gasteiger partial charge in [0.2, 0.25) is 10.0 Å². The van der Waals surface area contributed by atoms with Gasteiger partial charge in [0.15, 0.2) is 5.96 Å². The molecule has 1 aliphatic heterocycles. The van der Waals surface area contributed by atoms with Crippen LogP contribution in [0.1, 0.15) is 39.8 Å². The third-order valence-electron chi connectivity index (χ3n) is 5.17. The smallest absolute Gasteiger partial charge is 0.220 e. The fourth-order valence-electron chi connectivity index (χ4n) is 3.68. The van der Waals surface area contributed by atoms with Crippen LogP contribution >= 0.6 is 0 Å². The monoisotopic (exact) mass is 428 g/mol. The first-order chi connectivity index (χ1) is 13.7. The second-order valence-corrected chi connectivity index (χ2v) is 9.85. The van der Waals surface area contributed by atoms with Crippen molar-refractivity contribution in [2.45, 2.75) is 52.0 Å². The Kier molecular flexibility index (Phi) is 8.91. The van der Waals surface area contributed by atoms with E-state index in [1.807, 2.05) is 0 Å². The van der Waals surface area contributed by atoms with E-state index in [-0.39, 0.29) is 5.75 Å². The van der Waals surface area contributed by atoms with Crippen LogP contribution in [0.4, 0.5) is 0 Å². The standard InChI is InChI=1S/C19H36N6O3S/c1-16(2)25(17(3)4)9-6-8-21-19(20-5)23-10-12-24(13-11-23)29(26,27)15-18-7-14-28-22-18/h7,14,16-17H,6,8-13,15H2,1-5H3,(H,20,21). The van der Waals surface area contributed by atoms with Crippen LogP contribution in [0, 0.1) is 0 Å². The molecule has 10 heteroatoms. The summed E-state index contributed by atoms with van der Waals surface area (Å²) in [5, 5.41) is 7.13. The molecular formula is C19H36N6O3S. The van der Waals surface area contributed by atoms with E-state index in [4.69, 9.17) is 4.52 Å². The molecule has 2 rings (SSSR count). The van der Waals surface area contributed by atoms with E-state index in [0.717, 1.165) is 25.5 Å². The molecule has 0 aromatic carbocycles. The quantitative estimate of drug-likeness (QED) is 0.359. The van der Waals surface area contributed by atoms with Crippen molar-refractivity contribution in [2.24, 2.45) is 4.99 Å². The van der Waals surface area contributed by atoms with E-state index in [2.05, 4.69) is 53.0 Å². The molecule has 1 fully saturated rings. The minimum absolute atomic E-state index is 0.126. The van der Waals surface area contributed by atoms with Crippen molar-refractivity contribution in [3.05, 3.63) is 18.0 Å². The maximum Gasteiger partial charge on any atom is 0.220 e. The van der Waals surface area contributed by atoms with Gasteiger partial charge >= 0.3 is 0 Å². The van der Waals surface area contributed by atoms with Crippen molar-refractivity contribution in [3.63, 3.8) is 0 Å². The van der Waals surface area contributed by atoms with Crippen LogP contribution in [0.15, 0.2) is 21.8 Å². The van der Waals surface area contributed by atoms with Gasteiger partial charge in [-0.1, -0.05) is 5.16 Å². The summed E-state index contributed by atoms with van der Waals surface area (Å²) < 4.78 is 31.4. The van der Waals surface area contributed by atoms with Crippen molar-refractivity contribution in [2.75, 3.05) is 46.3 Å². The fraction of sp³-hybridized carbons (Fsp3) is 0.789. The number of rotatable bonds is 9. The largest absolute Gasteiger partial charge is 0.364 e. The molecule has 1 saturated heterocycles. The molecule has 9 nitrogen and oxygen atoms in total. The van der Waals surface area contributed by atoms with Gasteiger partial charge in [-0.2, -0.15) is 4.31 Å². The molecule has 0 bridgehead atoms. The summed E-state index contributed by atoms with van der Waals surface area (Å²) in [6.45, 7) is 12.9. The Morgan fingerprint density at radius 3 is 2.41 bits per heavy atom. The van der Waals surface area contributed by atoms with Gasteiger partial charge in [0.25, 0.3) is 0 Å². The zero-order valence-corrected chi connectivity index (χ0v) is 19.2. The lowest BCUT2D eigenvalue weighted by Crippen LogP contribution is -2.54. The number of nitrogens with zero attached hydrogens (tertiary/aromatic N) is 5. The summed E-state index contributed by atoms with van der Waals surface area (Å²) in [5.74, 6) is 0.706. The van der Waals surface area contributed by atoms with Crippen molar-refractivity contribution >= 4 is 16.0 Å². The normalized spacial score (nSPS) is 17.0. The Balaban J connectivity index is 1.78. The second-order valence-electron chi connectivity index (χ2n) is 7.89. The van der Waals surface area contributed by atoms with Gasteiger partial charge in [-0.3, -0.25) is 9.89 Å². The van der Waals surface area contributed by atoms with Crippen LogP contribution in [-0.2, 0) is 15.8 Å². The topological polar surface area (TPSA) is 94.3 Å². The van der Waals surface area contributed by atoms with Crippen molar-refractivity contribution in [3.8, 4) is 0 Å². The second kappa shape index (κ2) is 10.9. The zero-order valence-electron chi connectivity index (χ0n) is 18.3. The van der Waals surface area contributed by atoms with Crippen LogP contribution in [0.5, 0.6) is 0 Å². The molecule has 1 aliphatic rings. The molecule has 0 unspecified atom stereocenters. The van der Waals surface area contributed by atoms with Crippen LogP contribution in [0.25, 0.3) is 0 Å². The van der Waals surface area contributed by atoms with Crippen LogP contribution in [0.3, 0.4) is 0 Å². The summed E-state index contributed by atoms with van der Waals surface area (Å²) in [7, 11) is -1.62. The SMILES string of the molecule is CN=C(NCCCN(C(C)C)C(C)C)N1CCN(S(=O)(=O)Cc2ccon2)CC1. The molecule has 0 aliphatic carbocycles. The van der Waals surface area contributed by atoms with E-state index in [1.54, 1.807) is 13.1 Å². The van der Waals surface area contributed by atoms with Gasteiger partial charge in [0.05, 0.1) is 5.69 Å². The number of hydrogen-bond donors (Lipinski definition) is 1. The Morgan fingerprint density at radius 2 is 1.90 bits per heavy atom. The highest BCUT2D eigenvalue weighted by Gasteiger charge is 2.29. The number of sulfonamides is 1. The molecule has 1 N–H and O–H groups in total. The number of aliphatic imine (C=N–C) groups is 1. The number of hydrogen-bond acceptors (Lipinski definition) is 6. The molecule has 1 aromatic rings. The molecule has 0 spiro atoms. The molecule has 0 atom stereocenters. The third-order valence-corrected chi connectivity index (χ3v) is 6.98. The summed E-state index contributed by atoms with van der Waals surface area (Å²) in [6, 6.07) is 2.64. The van der Waals surface area contributed by atoms with Gasteiger partial charge in [0.1, 0.15) is 12.0 Å². The van der Waals surface area contributed by atoms with Gasteiger partial charge in [-0.25, -0.2) is 8.42 Å². The first kappa shape index (κ1) is 23.6. The Bertz CT molecular complexity index is 717. The molecule has 0 saturated carbocycles. The molecule has 2 heterocycles. The van der Waals surface area contributed by atoms with Crippen molar-refractivity contribution < 1.29 is 12.9 Å². The summed E-state index contributed by atoms with van der Waals surface area (Å²) in [4.78, 5) is 8.97. The van der Waals surface area contributed by atoms with Gasteiger partial charge in [-0.05, 0) is 34.1 Å². The maximum atomic E-state index is 12.6. The maximum absolute atomic E-state index is 12.6. The third kappa shape index (κ3) is 6.97. The average molecular weight is 429 g/mol. The van der Waals surface area contributed by atoms with Crippen LogP contribution in [-0.4, -0.2) is 92.0 Å². The van der Waals surface area contributed by atoms with E-state index in [9.17, 15) is 8.42 Å². The molecule has 0 radical (unpaired) electrons. The predicted molar refractivity (Wildman–Crippen MR) is 115 cm³/mol. The van der Waals surface area contributed by atoms with Gasteiger partial charge in [-0.15, -0.1) is 0 Å². The highest BCUT2D eigenvalue weighted by atomic mass is 32.2. The van der Waals surface area contributed by atoms with E-state index in [1.165, 1.54) is 10.6 Å². The molecular weight excluding hydrogens is 392 g/mol. The van der Waals surface area contributed by atoms with E-state index < -0.39 is 10.0 Å². The predicted octanol–water partition coefficient (Wildman–Crippen LogP) is 1.21. The highest BCUT2D eigenvalue weighted by Crippen LogP contribution is 2.13. The van der Waals surface area contributed by atoms with E-state index in [0.29, 0.717) is 44.0 Å². The summed E-state index contributed by atoms with van der Waals surface area (Å²) >= 11 is 0. The molecule has 29 heavy (non-hydrogen) atoms. The zero-order chi connectivity index (χ0) is 21.4. The summed E-state index contributed by atoms with van der Waals surface area (Å²) in [5.41, 5.74) is 0.432. The Hall–Kier alpha value is -1.65. The van der Waals surface area contributed by atoms with E-state index >= 15 is 0 Å². The highest BCUT2D eigenvalue weighted by molar-refractivity contribution is 7.88. The molecule has 1 aromatic heterocycles. The Morgan fingerprint density at radius 1 is 1.24 bits per heavy atom. The lowest BCUT2D eigenvalue weighted by atomic mass is 10.2. The lowest BCUT2D eigenvalue weighted by Gasteiger charge is -2.36. The van der Waals surface area contributed by atoms with Gasteiger partial charge in [0, 0.05) is 64.5 Å².